The number of aliphatic imine (C=N–C) groups is 1. The number of imidazole rings is 1. The molecule has 0 amide bonds. The fraction of sp³-hybridized carbons (Fsp3) is 0.633. The van der Waals surface area contributed by atoms with Crippen molar-refractivity contribution in [3.8, 4) is 0 Å². The highest BCUT2D eigenvalue weighted by molar-refractivity contribution is 6.06. The smallest absolute Gasteiger partial charge is 0.335 e. The topological polar surface area (TPSA) is 96.8 Å². The first-order chi connectivity index (χ1) is 18.1. The minimum absolute atomic E-state index is 0.0192. The Morgan fingerprint density at radius 3 is 2.51 bits per heavy atom. The molecule has 7 heteroatoms. The Hall–Kier alpha value is -2.51. The monoisotopic (exact) mass is 503 g/mol. The maximum absolute atomic E-state index is 11.6. The Balaban J connectivity index is 1.19. The minimum Gasteiger partial charge on any atom is -0.478 e. The number of carbonyl (C=O) groups is 1. The van der Waals surface area contributed by atoms with Crippen LogP contribution in [-0.2, 0) is 16.1 Å². The Bertz CT molecular complexity index is 1180. The zero-order valence-electron chi connectivity index (χ0n) is 21.5. The van der Waals surface area contributed by atoms with Crippen LogP contribution in [0, 0.1) is 17.8 Å². The van der Waals surface area contributed by atoms with Gasteiger partial charge in [0.1, 0.15) is 18.7 Å². The van der Waals surface area contributed by atoms with Gasteiger partial charge >= 0.3 is 5.97 Å². The third-order valence-corrected chi connectivity index (χ3v) is 9.70. The molecule has 5 saturated carbocycles. The Morgan fingerprint density at radius 2 is 1.81 bits per heavy atom. The van der Waals surface area contributed by atoms with Gasteiger partial charge in [0.2, 0.25) is 0 Å². The number of carboxylic acid groups (broad SMARTS) is 1. The molecule has 1 unspecified atom stereocenters. The molecule has 2 heterocycles. The van der Waals surface area contributed by atoms with Crippen LogP contribution in [0.3, 0.4) is 0 Å². The molecule has 1 aromatic heterocycles. The Morgan fingerprint density at radius 1 is 1.08 bits per heavy atom. The van der Waals surface area contributed by atoms with Crippen LogP contribution in [-0.4, -0.2) is 39.1 Å². The van der Waals surface area contributed by atoms with Crippen molar-refractivity contribution in [2.75, 3.05) is 6.73 Å². The number of nitrogens with zero attached hydrogens (tertiary/aromatic N) is 2. The molecule has 1 aliphatic heterocycles. The summed E-state index contributed by atoms with van der Waals surface area (Å²) in [6.07, 6.45) is 13.5. The largest absolute Gasteiger partial charge is 0.478 e. The Labute approximate surface area is 218 Å². The maximum atomic E-state index is 11.6. The fourth-order valence-electron chi connectivity index (χ4n) is 8.38. The van der Waals surface area contributed by atoms with E-state index in [0.717, 1.165) is 59.1 Å². The predicted octanol–water partition coefficient (Wildman–Crippen LogP) is 6.16. The van der Waals surface area contributed by atoms with Crippen LogP contribution in [0.1, 0.15) is 116 Å². The number of aromatic carboxylic acids is 1. The van der Waals surface area contributed by atoms with Crippen LogP contribution in [0.5, 0.6) is 0 Å². The third kappa shape index (κ3) is 4.44. The lowest BCUT2D eigenvalue weighted by molar-refractivity contribution is -0.169. The molecule has 196 valence electrons. The van der Waals surface area contributed by atoms with Gasteiger partial charge in [-0.25, -0.2) is 9.78 Å². The molecule has 37 heavy (non-hydrogen) atoms. The average Bonchev–Trinajstić information content (AvgIpc) is 3.55. The lowest BCUT2D eigenvalue weighted by atomic mass is 9.54. The van der Waals surface area contributed by atoms with Crippen molar-refractivity contribution in [3.05, 3.63) is 52.6 Å². The molecule has 0 spiro atoms. The van der Waals surface area contributed by atoms with E-state index in [2.05, 4.69) is 9.98 Å². The SMILES string of the molecule is O=C(O)c1cccc(C2=NCOC2c2nc(C3CCCCC3)[nH]c2COC23CC4CC(CC(C4)C2)C3)c1. The summed E-state index contributed by atoms with van der Waals surface area (Å²) in [5, 5.41) is 9.51. The molecule has 2 N–H and O–H groups in total. The number of benzene rings is 1. The van der Waals surface area contributed by atoms with Gasteiger partial charge in [0.15, 0.2) is 0 Å². The van der Waals surface area contributed by atoms with Gasteiger partial charge in [-0.1, -0.05) is 31.4 Å². The van der Waals surface area contributed by atoms with E-state index in [0.29, 0.717) is 12.5 Å². The van der Waals surface area contributed by atoms with Crippen LogP contribution < -0.4 is 0 Å². The third-order valence-electron chi connectivity index (χ3n) is 9.70. The normalized spacial score (nSPS) is 33.1. The second-order valence-corrected chi connectivity index (χ2v) is 12.3. The van der Waals surface area contributed by atoms with E-state index in [1.807, 2.05) is 6.07 Å². The lowest BCUT2D eigenvalue weighted by Crippen LogP contribution is -2.51. The van der Waals surface area contributed by atoms with Crippen molar-refractivity contribution in [2.24, 2.45) is 22.7 Å². The summed E-state index contributed by atoms with van der Waals surface area (Å²) in [7, 11) is 0. The van der Waals surface area contributed by atoms with E-state index >= 15 is 0 Å². The van der Waals surface area contributed by atoms with Gasteiger partial charge in [-0.05, 0) is 86.8 Å². The van der Waals surface area contributed by atoms with Gasteiger partial charge in [0.05, 0.1) is 34.9 Å². The van der Waals surface area contributed by atoms with Crippen LogP contribution in [0.4, 0.5) is 0 Å². The summed E-state index contributed by atoms with van der Waals surface area (Å²) in [4.78, 5) is 25.1. The summed E-state index contributed by atoms with van der Waals surface area (Å²) in [6, 6.07) is 6.97. The van der Waals surface area contributed by atoms with Crippen LogP contribution in [0.15, 0.2) is 29.3 Å². The van der Waals surface area contributed by atoms with Gasteiger partial charge in [-0.2, -0.15) is 0 Å². The number of nitrogens with one attached hydrogen (secondary N) is 1. The van der Waals surface area contributed by atoms with Crippen molar-refractivity contribution in [1.82, 2.24) is 9.97 Å². The van der Waals surface area contributed by atoms with Crippen molar-refractivity contribution < 1.29 is 19.4 Å². The molecule has 8 rings (SSSR count). The summed E-state index contributed by atoms with van der Waals surface area (Å²) in [6.45, 7) is 0.766. The van der Waals surface area contributed by atoms with Crippen molar-refractivity contribution in [2.45, 2.75) is 94.9 Å². The predicted molar refractivity (Wildman–Crippen MR) is 139 cm³/mol. The number of aromatic nitrogens is 2. The fourth-order valence-corrected chi connectivity index (χ4v) is 8.38. The lowest BCUT2D eigenvalue weighted by Gasteiger charge is -2.56. The standard InChI is InChI=1S/C30H37N3O4/c34-29(35)23-8-4-7-22(12-23)25-27(36-17-31-25)26-24(32-28(33-26)21-5-2-1-3-6-21)16-37-30-13-18-9-19(14-30)11-20(10-18)15-30/h4,7-8,12,18-21,27H,1-3,5-6,9-11,13-17H2,(H,32,33)(H,34,35). The van der Waals surface area contributed by atoms with E-state index < -0.39 is 12.1 Å². The molecule has 6 aliphatic rings. The molecule has 4 bridgehead atoms. The number of hydrogen-bond donors (Lipinski definition) is 2. The number of carboxylic acids is 1. The highest BCUT2D eigenvalue weighted by Gasteiger charge is 2.51. The van der Waals surface area contributed by atoms with E-state index in [1.54, 1.807) is 18.2 Å². The molecule has 5 fully saturated rings. The molecule has 7 nitrogen and oxygen atoms in total. The summed E-state index contributed by atoms with van der Waals surface area (Å²) < 4.78 is 13.0. The van der Waals surface area contributed by atoms with Crippen molar-refractivity contribution >= 4 is 11.7 Å². The maximum Gasteiger partial charge on any atom is 0.335 e. The molecule has 2 aromatic rings. The van der Waals surface area contributed by atoms with Crippen LogP contribution >= 0.6 is 0 Å². The molecule has 1 aromatic carbocycles. The summed E-state index contributed by atoms with van der Waals surface area (Å²) >= 11 is 0. The Kier molecular flexibility index (Phi) is 5.96. The minimum atomic E-state index is -0.943. The average molecular weight is 504 g/mol. The number of rotatable bonds is 7. The number of H-pyrrole nitrogens is 1. The molecule has 0 radical (unpaired) electrons. The van der Waals surface area contributed by atoms with Gasteiger partial charge in [0, 0.05) is 5.92 Å². The van der Waals surface area contributed by atoms with Crippen molar-refractivity contribution in [3.63, 3.8) is 0 Å². The number of aromatic amines is 1. The summed E-state index contributed by atoms with van der Waals surface area (Å²) in [5.74, 6) is 3.06. The second kappa shape index (κ2) is 9.35. The van der Waals surface area contributed by atoms with E-state index in [4.69, 9.17) is 14.5 Å². The molecule has 1 atom stereocenters. The molecule has 0 saturated heterocycles. The molecular formula is C30H37N3O4. The van der Waals surface area contributed by atoms with E-state index in [9.17, 15) is 9.90 Å². The zero-order chi connectivity index (χ0) is 25.0. The van der Waals surface area contributed by atoms with Gasteiger partial charge in [0.25, 0.3) is 0 Å². The van der Waals surface area contributed by atoms with Crippen LogP contribution in [0.25, 0.3) is 0 Å². The second-order valence-electron chi connectivity index (χ2n) is 12.3. The highest BCUT2D eigenvalue weighted by Crippen LogP contribution is 2.57. The zero-order valence-corrected chi connectivity index (χ0v) is 21.5. The first-order valence-corrected chi connectivity index (χ1v) is 14.3. The first kappa shape index (κ1) is 23.6. The van der Waals surface area contributed by atoms with Gasteiger partial charge in [-0.15, -0.1) is 0 Å². The molecule has 5 aliphatic carbocycles. The first-order valence-electron chi connectivity index (χ1n) is 14.3. The van der Waals surface area contributed by atoms with E-state index in [-0.39, 0.29) is 17.9 Å². The van der Waals surface area contributed by atoms with Crippen molar-refractivity contribution in [1.29, 1.82) is 0 Å². The van der Waals surface area contributed by atoms with Gasteiger partial charge in [-0.3, -0.25) is 4.99 Å². The van der Waals surface area contributed by atoms with Gasteiger partial charge < -0.3 is 19.6 Å². The number of hydrogen-bond acceptors (Lipinski definition) is 5. The quantitative estimate of drug-likeness (QED) is 0.472. The van der Waals surface area contributed by atoms with E-state index in [1.165, 1.54) is 57.8 Å². The molecular weight excluding hydrogens is 466 g/mol. The highest BCUT2D eigenvalue weighted by atomic mass is 16.5. The summed E-state index contributed by atoms with van der Waals surface area (Å²) in [5.41, 5.74) is 3.66. The van der Waals surface area contributed by atoms with Crippen LogP contribution in [0.2, 0.25) is 0 Å². The number of ether oxygens (including phenoxy) is 2.